The van der Waals surface area contributed by atoms with Crippen molar-refractivity contribution in [3.63, 3.8) is 0 Å². The molecule has 0 fully saturated rings. The number of nitrogens with zero attached hydrogens (tertiary/aromatic N) is 3. The average molecular weight is 505 g/mol. The van der Waals surface area contributed by atoms with Crippen molar-refractivity contribution in [3.8, 4) is 0 Å². The number of fused-ring (bicyclic) bond motifs is 1. The molecule has 0 saturated heterocycles. The largest absolute Gasteiger partial charge is 0.336 e. The highest BCUT2D eigenvalue weighted by Crippen LogP contribution is 2.40. The van der Waals surface area contributed by atoms with Crippen molar-refractivity contribution < 1.29 is 14.2 Å². The number of aromatic nitrogens is 1. The molecule has 1 aromatic heterocycles. The zero-order valence-electron chi connectivity index (χ0n) is 22.0. The van der Waals surface area contributed by atoms with Gasteiger partial charge in [-0.3, -0.25) is 9.59 Å². The Balaban J connectivity index is 1.29. The first-order chi connectivity index (χ1) is 18.5. The van der Waals surface area contributed by atoms with Crippen LogP contribution in [-0.4, -0.2) is 22.8 Å². The minimum absolute atomic E-state index is 0.00395. The van der Waals surface area contributed by atoms with E-state index in [1.54, 1.807) is 0 Å². The van der Waals surface area contributed by atoms with E-state index in [4.69, 9.17) is 0 Å². The van der Waals surface area contributed by atoms with Crippen molar-refractivity contribution in [3.05, 3.63) is 132 Å². The minimum atomic E-state index is -0.465. The van der Waals surface area contributed by atoms with Crippen LogP contribution >= 0.6 is 0 Å². The van der Waals surface area contributed by atoms with Gasteiger partial charge in [0.05, 0.1) is 12.5 Å². The maximum Gasteiger partial charge on any atom is 0.235 e. The van der Waals surface area contributed by atoms with Gasteiger partial charge in [0.15, 0.2) is 18.9 Å². The van der Waals surface area contributed by atoms with E-state index in [2.05, 4.69) is 41.2 Å². The standard InChI is InChI=1S/C33H34N3O2/c1-25(2)35(23-28-17-19-34(20-18-28)22-26-11-5-3-6-12-26)32(37)21-30-29-15-9-10-16-31(29)36(33(30)38)24-27-13-7-4-8-14-27/h3-20,25,30H,21-24H2,1-2H3/q+1. The van der Waals surface area contributed by atoms with E-state index in [0.717, 1.165) is 28.9 Å². The quantitative estimate of drug-likeness (QED) is 0.283. The Morgan fingerprint density at radius 2 is 1.42 bits per heavy atom. The van der Waals surface area contributed by atoms with Gasteiger partial charge < -0.3 is 9.80 Å². The number of anilines is 1. The molecule has 2 heterocycles. The van der Waals surface area contributed by atoms with Gasteiger partial charge in [-0.05, 0) is 36.6 Å². The number of rotatable bonds is 9. The zero-order chi connectivity index (χ0) is 26.5. The predicted molar refractivity (Wildman–Crippen MR) is 149 cm³/mol. The van der Waals surface area contributed by atoms with Crippen LogP contribution in [0.4, 0.5) is 5.69 Å². The van der Waals surface area contributed by atoms with Gasteiger partial charge in [-0.15, -0.1) is 0 Å². The summed E-state index contributed by atoms with van der Waals surface area (Å²) in [6.07, 6.45) is 4.28. The number of para-hydroxylation sites is 1. The lowest BCUT2D eigenvalue weighted by Crippen LogP contribution is -2.39. The lowest BCUT2D eigenvalue weighted by molar-refractivity contribution is -0.688. The second-order valence-corrected chi connectivity index (χ2v) is 10.2. The molecule has 0 saturated carbocycles. The third-order valence-corrected chi connectivity index (χ3v) is 7.19. The first-order valence-electron chi connectivity index (χ1n) is 13.2. The van der Waals surface area contributed by atoms with Crippen LogP contribution in [0.1, 0.15) is 48.4 Å². The van der Waals surface area contributed by atoms with Gasteiger partial charge in [0.2, 0.25) is 11.8 Å². The minimum Gasteiger partial charge on any atom is -0.336 e. The summed E-state index contributed by atoms with van der Waals surface area (Å²) in [6, 6.07) is 32.4. The number of benzene rings is 3. The highest BCUT2D eigenvalue weighted by atomic mass is 16.2. The van der Waals surface area contributed by atoms with Crippen LogP contribution in [0.15, 0.2) is 109 Å². The molecule has 0 N–H and O–H groups in total. The number of pyridine rings is 1. The molecule has 5 heteroatoms. The summed E-state index contributed by atoms with van der Waals surface area (Å²) in [5.41, 5.74) is 5.22. The second-order valence-electron chi connectivity index (χ2n) is 10.2. The smallest absolute Gasteiger partial charge is 0.235 e. The molecule has 2 amide bonds. The summed E-state index contributed by atoms with van der Waals surface area (Å²) >= 11 is 0. The van der Waals surface area contributed by atoms with Crippen LogP contribution in [-0.2, 0) is 29.2 Å². The Labute approximate surface area is 225 Å². The molecule has 1 aliphatic heterocycles. The van der Waals surface area contributed by atoms with Gasteiger partial charge in [-0.2, -0.15) is 0 Å². The third kappa shape index (κ3) is 5.67. The molecule has 5 rings (SSSR count). The molecular formula is C33H34N3O2+. The third-order valence-electron chi connectivity index (χ3n) is 7.19. The summed E-state index contributed by atoms with van der Waals surface area (Å²) in [5.74, 6) is -0.475. The van der Waals surface area contributed by atoms with Crippen molar-refractivity contribution >= 4 is 17.5 Å². The number of carbonyl (C=O) groups is 2. The number of carbonyl (C=O) groups excluding carboxylic acids is 2. The molecule has 1 unspecified atom stereocenters. The Hall–Kier alpha value is -4.25. The Morgan fingerprint density at radius 3 is 2.08 bits per heavy atom. The normalized spacial score (nSPS) is 14.6. The van der Waals surface area contributed by atoms with E-state index in [0.29, 0.717) is 13.1 Å². The van der Waals surface area contributed by atoms with Crippen LogP contribution in [0.5, 0.6) is 0 Å². The summed E-state index contributed by atoms with van der Waals surface area (Å²) in [5, 5.41) is 0. The number of hydrogen-bond acceptors (Lipinski definition) is 2. The topological polar surface area (TPSA) is 44.5 Å². The monoisotopic (exact) mass is 504 g/mol. The van der Waals surface area contributed by atoms with Gasteiger partial charge in [0, 0.05) is 42.4 Å². The van der Waals surface area contributed by atoms with Crippen molar-refractivity contribution in [2.24, 2.45) is 0 Å². The fourth-order valence-electron chi connectivity index (χ4n) is 5.13. The number of hydrogen-bond donors (Lipinski definition) is 0. The number of amides is 2. The highest BCUT2D eigenvalue weighted by molar-refractivity contribution is 6.06. The van der Waals surface area contributed by atoms with Crippen molar-refractivity contribution in [1.29, 1.82) is 0 Å². The molecule has 38 heavy (non-hydrogen) atoms. The maximum atomic E-state index is 13.6. The lowest BCUT2D eigenvalue weighted by Gasteiger charge is -2.28. The predicted octanol–water partition coefficient (Wildman–Crippen LogP) is 5.48. The van der Waals surface area contributed by atoms with Crippen LogP contribution in [0.2, 0.25) is 0 Å². The van der Waals surface area contributed by atoms with Crippen LogP contribution in [0, 0.1) is 0 Å². The Kier molecular flexibility index (Phi) is 7.64. The summed E-state index contributed by atoms with van der Waals surface area (Å²) < 4.78 is 2.13. The Morgan fingerprint density at radius 1 is 0.816 bits per heavy atom. The molecule has 1 atom stereocenters. The first-order valence-corrected chi connectivity index (χ1v) is 13.2. The fourth-order valence-corrected chi connectivity index (χ4v) is 5.13. The van der Waals surface area contributed by atoms with E-state index in [1.807, 2.05) is 96.4 Å². The SMILES string of the molecule is CC(C)N(Cc1cc[n+](Cc2ccccc2)cc1)C(=O)CC1C(=O)N(Cc2ccccc2)c2ccccc21. The van der Waals surface area contributed by atoms with Crippen molar-refractivity contribution in [2.45, 2.75) is 51.9 Å². The summed E-state index contributed by atoms with van der Waals surface area (Å²) in [6.45, 7) is 5.88. The summed E-state index contributed by atoms with van der Waals surface area (Å²) in [4.78, 5) is 30.9. The van der Waals surface area contributed by atoms with E-state index in [9.17, 15) is 9.59 Å². The molecule has 0 radical (unpaired) electrons. The van der Waals surface area contributed by atoms with Crippen LogP contribution in [0.25, 0.3) is 0 Å². The fraction of sp³-hybridized carbons (Fsp3) is 0.242. The molecule has 3 aromatic carbocycles. The van der Waals surface area contributed by atoms with E-state index in [1.165, 1.54) is 5.56 Å². The van der Waals surface area contributed by atoms with Crippen LogP contribution in [0.3, 0.4) is 0 Å². The molecule has 192 valence electrons. The molecule has 0 spiro atoms. The average Bonchev–Trinajstić information content (AvgIpc) is 3.19. The molecular weight excluding hydrogens is 470 g/mol. The lowest BCUT2D eigenvalue weighted by atomic mass is 9.96. The highest BCUT2D eigenvalue weighted by Gasteiger charge is 2.39. The van der Waals surface area contributed by atoms with Crippen molar-refractivity contribution in [2.75, 3.05) is 4.90 Å². The zero-order valence-corrected chi connectivity index (χ0v) is 22.0. The van der Waals surface area contributed by atoms with Gasteiger partial charge >= 0.3 is 0 Å². The molecule has 0 bridgehead atoms. The van der Waals surface area contributed by atoms with Gasteiger partial charge in [0.25, 0.3) is 0 Å². The molecule has 0 aliphatic carbocycles. The molecule has 5 nitrogen and oxygen atoms in total. The van der Waals surface area contributed by atoms with Crippen LogP contribution < -0.4 is 9.47 Å². The van der Waals surface area contributed by atoms with E-state index >= 15 is 0 Å². The maximum absolute atomic E-state index is 13.6. The van der Waals surface area contributed by atoms with E-state index in [-0.39, 0.29) is 24.3 Å². The van der Waals surface area contributed by atoms with Crippen molar-refractivity contribution in [1.82, 2.24) is 4.90 Å². The van der Waals surface area contributed by atoms with Gasteiger partial charge in [-0.1, -0.05) is 78.9 Å². The molecule has 4 aromatic rings. The van der Waals surface area contributed by atoms with Gasteiger partial charge in [0.1, 0.15) is 0 Å². The van der Waals surface area contributed by atoms with E-state index < -0.39 is 5.92 Å². The molecule has 1 aliphatic rings. The summed E-state index contributed by atoms with van der Waals surface area (Å²) in [7, 11) is 0. The first kappa shape index (κ1) is 25.4. The van der Waals surface area contributed by atoms with Gasteiger partial charge in [-0.25, -0.2) is 4.57 Å². The Bertz CT molecular complexity index is 1380. The second kappa shape index (κ2) is 11.4.